The number of aryl methyl sites for hydroxylation is 1. The van der Waals surface area contributed by atoms with E-state index in [9.17, 15) is 4.79 Å². The van der Waals surface area contributed by atoms with Gasteiger partial charge in [0.1, 0.15) is 0 Å². The van der Waals surface area contributed by atoms with Gasteiger partial charge >= 0.3 is 0 Å². The maximum atomic E-state index is 12.6. The number of amides is 1. The highest BCUT2D eigenvalue weighted by Gasteiger charge is 2.45. The van der Waals surface area contributed by atoms with E-state index in [1.807, 2.05) is 41.5 Å². The first-order valence-electron chi connectivity index (χ1n) is 8.49. The van der Waals surface area contributed by atoms with Crippen molar-refractivity contribution in [2.45, 2.75) is 25.8 Å². The fraction of sp³-hybridized carbons (Fsp3) is 0.500. The Balaban J connectivity index is 1.48. The summed E-state index contributed by atoms with van der Waals surface area (Å²) in [7, 11) is 2.11. The smallest absolute Gasteiger partial charge is 0.263 e. The fourth-order valence-corrected chi connectivity index (χ4v) is 4.88. The van der Waals surface area contributed by atoms with E-state index in [-0.39, 0.29) is 5.91 Å². The van der Waals surface area contributed by atoms with Crippen LogP contribution >= 0.6 is 11.3 Å². The number of carbonyl (C=O) groups excluding carboxylic acids is 1. The van der Waals surface area contributed by atoms with E-state index in [2.05, 4.69) is 22.1 Å². The largest absolute Gasteiger partial charge is 0.355 e. The summed E-state index contributed by atoms with van der Waals surface area (Å²) in [6, 6.07) is 8.35. The minimum absolute atomic E-state index is 0.191. The van der Waals surface area contributed by atoms with Gasteiger partial charge in [-0.3, -0.25) is 4.79 Å². The third kappa shape index (κ3) is 2.69. The molecule has 0 spiro atoms. The lowest BCUT2D eigenvalue weighted by atomic mass is 9.97. The van der Waals surface area contributed by atoms with Gasteiger partial charge in [0.25, 0.3) is 5.91 Å². The van der Waals surface area contributed by atoms with E-state index >= 15 is 0 Å². The molecular formula is C18H22N4OS. The first kappa shape index (κ1) is 15.6. The quantitative estimate of drug-likeness (QED) is 0.861. The Kier molecular flexibility index (Phi) is 4.00. The van der Waals surface area contributed by atoms with Crippen LogP contribution in [0.1, 0.15) is 28.2 Å². The molecule has 1 aliphatic heterocycles. The van der Waals surface area contributed by atoms with Gasteiger partial charge in [-0.15, -0.1) is 16.4 Å². The first-order chi connectivity index (χ1) is 11.6. The lowest BCUT2D eigenvalue weighted by Crippen LogP contribution is -2.39. The molecule has 4 rings (SSSR count). The molecule has 1 amide bonds. The predicted octanol–water partition coefficient (Wildman–Crippen LogP) is 2.83. The fourth-order valence-electron chi connectivity index (χ4n) is 4.19. The zero-order valence-electron chi connectivity index (χ0n) is 14.1. The number of hydrogen-bond donors (Lipinski definition) is 0. The summed E-state index contributed by atoms with van der Waals surface area (Å²) >= 11 is 1.53. The second kappa shape index (κ2) is 6.16. The number of aromatic nitrogens is 2. The molecule has 126 valence electrons. The van der Waals surface area contributed by atoms with Crippen molar-refractivity contribution in [3.63, 3.8) is 0 Å². The molecule has 3 atom stereocenters. The van der Waals surface area contributed by atoms with E-state index in [1.165, 1.54) is 24.2 Å². The van der Waals surface area contributed by atoms with Crippen molar-refractivity contribution in [1.82, 2.24) is 15.1 Å². The third-order valence-electron chi connectivity index (χ3n) is 5.48. The highest BCUT2D eigenvalue weighted by atomic mass is 32.1. The van der Waals surface area contributed by atoms with Crippen LogP contribution in [0, 0.1) is 18.8 Å². The highest BCUT2D eigenvalue weighted by molar-refractivity contribution is 7.12. The van der Waals surface area contributed by atoms with E-state index < -0.39 is 0 Å². The van der Waals surface area contributed by atoms with Gasteiger partial charge in [-0.25, -0.2) is 0 Å². The number of thiophene rings is 1. The average Bonchev–Trinajstić information content (AvgIpc) is 3.31. The molecule has 2 aromatic rings. The number of carbonyl (C=O) groups is 1. The Hall–Kier alpha value is -1.95. The molecule has 0 unspecified atom stereocenters. The van der Waals surface area contributed by atoms with Crippen LogP contribution in [-0.4, -0.2) is 47.2 Å². The van der Waals surface area contributed by atoms with Gasteiger partial charge in [0, 0.05) is 32.1 Å². The molecule has 6 heteroatoms. The van der Waals surface area contributed by atoms with Crippen LogP contribution in [0.4, 0.5) is 5.82 Å². The van der Waals surface area contributed by atoms with E-state index in [0.29, 0.717) is 17.9 Å². The van der Waals surface area contributed by atoms with E-state index in [4.69, 9.17) is 0 Å². The molecular weight excluding hydrogens is 320 g/mol. The molecule has 2 aromatic heterocycles. The van der Waals surface area contributed by atoms with Crippen molar-refractivity contribution >= 4 is 23.1 Å². The Labute approximate surface area is 146 Å². The third-order valence-corrected chi connectivity index (χ3v) is 6.34. The van der Waals surface area contributed by atoms with Gasteiger partial charge in [-0.1, -0.05) is 6.07 Å². The van der Waals surface area contributed by atoms with Gasteiger partial charge in [-0.2, -0.15) is 5.10 Å². The molecule has 0 bridgehead atoms. The summed E-state index contributed by atoms with van der Waals surface area (Å²) in [6.07, 6.45) is 2.36. The molecule has 0 aromatic carbocycles. The van der Waals surface area contributed by atoms with Crippen molar-refractivity contribution in [3.05, 3.63) is 40.2 Å². The SMILES string of the molecule is Cc1ccc(N(C)[C@@H]2CC[C@@H]3CN(C(=O)c4cccs4)C[C@@H]32)nn1. The minimum Gasteiger partial charge on any atom is -0.355 e. The maximum Gasteiger partial charge on any atom is 0.263 e. The topological polar surface area (TPSA) is 49.3 Å². The van der Waals surface area contributed by atoms with Crippen LogP contribution in [-0.2, 0) is 0 Å². The van der Waals surface area contributed by atoms with Crippen molar-refractivity contribution in [2.24, 2.45) is 11.8 Å². The molecule has 2 aliphatic rings. The highest BCUT2D eigenvalue weighted by Crippen LogP contribution is 2.41. The van der Waals surface area contributed by atoms with Crippen LogP contribution < -0.4 is 4.90 Å². The molecule has 1 saturated heterocycles. The lowest BCUT2D eigenvalue weighted by molar-refractivity contribution is 0.0784. The lowest BCUT2D eigenvalue weighted by Gasteiger charge is -2.30. The molecule has 24 heavy (non-hydrogen) atoms. The molecule has 0 N–H and O–H groups in total. The predicted molar refractivity (Wildman–Crippen MR) is 95.4 cm³/mol. The van der Waals surface area contributed by atoms with Crippen molar-refractivity contribution in [2.75, 3.05) is 25.0 Å². The monoisotopic (exact) mass is 342 g/mol. The second-order valence-electron chi connectivity index (χ2n) is 6.90. The number of likely N-dealkylation sites (tertiary alicyclic amines) is 1. The summed E-state index contributed by atoms with van der Waals surface area (Å²) in [4.78, 5) is 17.8. The number of nitrogens with zero attached hydrogens (tertiary/aromatic N) is 4. The Morgan fingerprint density at radius 1 is 1.25 bits per heavy atom. The van der Waals surface area contributed by atoms with Crippen LogP contribution in [0.5, 0.6) is 0 Å². The summed E-state index contributed by atoms with van der Waals surface area (Å²) in [5.41, 5.74) is 0.935. The summed E-state index contributed by atoms with van der Waals surface area (Å²) in [5.74, 6) is 2.26. The molecule has 2 fully saturated rings. The summed E-state index contributed by atoms with van der Waals surface area (Å²) in [6.45, 7) is 3.70. The Bertz CT molecular complexity index is 715. The molecule has 1 saturated carbocycles. The minimum atomic E-state index is 0.191. The zero-order valence-corrected chi connectivity index (χ0v) is 14.9. The Morgan fingerprint density at radius 2 is 2.12 bits per heavy atom. The zero-order chi connectivity index (χ0) is 16.7. The van der Waals surface area contributed by atoms with Gasteiger partial charge < -0.3 is 9.80 Å². The van der Waals surface area contributed by atoms with E-state index in [0.717, 1.165) is 29.5 Å². The van der Waals surface area contributed by atoms with E-state index in [1.54, 1.807) is 0 Å². The van der Waals surface area contributed by atoms with Gasteiger partial charge in [0.15, 0.2) is 5.82 Å². The van der Waals surface area contributed by atoms with Crippen LogP contribution in [0.2, 0.25) is 0 Å². The molecule has 5 nitrogen and oxygen atoms in total. The van der Waals surface area contributed by atoms with Crippen LogP contribution in [0.15, 0.2) is 29.6 Å². The number of rotatable bonds is 3. The second-order valence-corrected chi connectivity index (χ2v) is 7.85. The summed E-state index contributed by atoms with van der Waals surface area (Å²) < 4.78 is 0. The normalized spacial score (nSPS) is 25.8. The van der Waals surface area contributed by atoms with Crippen molar-refractivity contribution in [3.8, 4) is 0 Å². The Morgan fingerprint density at radius 3 is 2.83 bits per heavy atom. The van der Waals surface area contributed by atoms with Gasteiger partial charge in [0.05, 0.1) is 10.6 Å². The molecule has 1 aliphatic carbocycles. The van der Waals surface area contributed by atoms with Gasteiger partial charge in [0.2, 0.25) is 0 Å². The number of fused-ring (bicyclic) bond motifs is 1. The molecule has 3 heterocycles. The number of anilines is 1. The first-order valence-corrected chi connectivity index (χ1v) is 9.37. The molecule has 0 radical (unpaired) electrons. The van der Waals surface area contributed by atoms with Crippen LogP contribution in [0.25, 0.3) is 0 Å². The average molecular weight is 342 g/mol. The summed E-state index contributed by atoms with van der Waals surface area (Å²) in [5, 5.41) is 10.5. The number of hydrogen-bond acceptors (Lipinski definition) is 5. The van der Waals surface area contributed by atoms with Crippen LogP contribution in [0.3, 0.4) is 0 Å². The van der Waals surface area contributed by atoms with Crippen molar-refractivity contribution in [1.29, 1.82) is 0 Å². The van der Waals surface area contributed by atoms with Gasteiger partial charge in [-0.05, 0) is 49.3 Å². The standard InChI is InChI=1S/C18H22N4OS/c1-12-5-8-17(20-19-12)21(2)15-7-6-13-10-22(11-14(13)15)18(23)16-4-3-9-24-16/h3-5,8-9,13-15H,6-7,10-11H2,1-2H3/t13-,14+,15-/m1/s1. The van der Waals surface area contributed by atoms with Crippen molar-refractivity contribution < 1.29 is 4.79 Å². The maximum absolute atomic E-state index is 12.6.